The zero-order valence-electron chi connectivity index (χ0n) is 13.7. The molecule has 2 N–H and O–H groups in total. The van der Waals surface area contributed by atoms with E-state index in [0.29, 0.717) is 38.5 Å². The van der Waals surface area contributed by atoms with Gasteiger partial charge in [0.2, 0.25) is 10.0 Å². The van der Waals surface area contributed by atoms with Crippen molar-refractivity contribution in [3.8, 4) is 0 Å². The highest BCUT2D eigenvalue weighted by Gasteiger charge is 2.26. The van der Waals surface area contributed by atoms with Gasteiger partial charge < -0.3 is 15.0 Å². The molecule has 0 radical (unpaired) electrons. The maximum atomic E-state index is 12.5. The number of hydrogen-bond donors (Lipinski definition) is 2. The molecule has 0 saturated carbocycles. The molecule has 2 saturated heterocycles. The van der Waals surface area contributed by atoms with Crippen LogP contribution in [0.25, 0.3) is 0 Å². The Morgan fingerprint density at radius 1 is 1.12 bits per heavy atom. The van der Waals surface area contributed by atoms with Crippen molar-refractivity contribution in [2.24, 2.45) is 0 Å². The summed E-state index contributed by atoms with van der Waals surface area (Å²) < 4.78 is 31.7. The van der Waals surface area contributed by atoms with Gasteiger partial charge in [-0.05, 0) is 24.3 Å². The molecule has 24 heavy (non-hydrogen) atoms. The lowest BCUT2D eigenvalue weighted by atomic mass is 10.3. The van der Waals surface area contributed by atoms with E-state index in [2.05, 4.69) is 5.32 Å². The number of nitrogens with one attached hydrogen (secondary N) is 2. The van der Waals surface area contributed by atoms with Crippen LogP contribution in [0.2, 0.25) is 0 Å². The van der Waals surface area contributed by atoms with Crippen LogP contribution in [0.5, 0.6) is 0 Å². The molecular weight excluding hydrogens is 330 g/mol. The molecule has 8 heteroatoms. The summed E-state index contributed by atoms with van der Waals surface area (Å²) in [6.45, 7) is 4.15. The Hall–Kier alpha value is -1.48. The maximum Gasteiger partial charge on any atom is 0.279 e. The van der Waals surface area contributed by atoms with Gasteiger partial charge in [0.15, 0.2) is 6.54 Å². The van der Waals surface area contributed by atoms with Crippen LogP contribution in [-0.2, 0) is 19.6 Å². The lowest BCUT2D eigenvalue weighted by Crippen LogP contribution is -3.11. The largest absolute Gasteiger partial charge is 0.379 e. The zero-order chi connectivity index (χ0) is 17.0. The Balaban J connectivity index is 1.61. The molecule has 0 unspecified atom stereocenters. The number of nitrogens with zero attached hydrogens (tertiary/aromatic N) is 1. The predicted molar refractivity (Wildman–Crippen MR) is 89.4 cm³/mol. The van der Waals surface area contributed by atoms with Gasteiger partial charge in [-0.3, -0.25) is 4.79 Å². The van der Waals surface area contributed by atoms with E-state index in [1.165, 1.54) is 22.0 Å². The molecule has 0 spiro atoms. The summed E-state index contributed by atoms with van der Waals surface area (Å²) in [5.41, 5.74) is 0.625. The number of benzene rings is 1. The molecule has 3 rings (SSSR count). The fourth-order valence-electron chi connectivity index (χ4n) is 3.13. The van der Waals surface area contributed by atoms with Gasteiger partial charge in [-0.15, -0.1) is 0 Å². The molecule has 2 heterocycles. The lowest BCUT2D eigenvalue weighted by molar-refractivity contribution is -0.878. The summed E-state index contributed by atoms with van der Waals surface area (Å²) in [6.07, 6.45) is 2.35. The van der Waals surface area contributed by atoms with Crippen LogP contribution in [0, 0.1) is 0 Å². The van der Waals surface area contributed by atoms with Crippen molar-refractivity contribution in [3.05, 3.63) is 24.3 Å². The topological polar surface area (TPSA) is 80.2 Å². The van der Waals surface area contributed by atoms with Crippen molar-refractivity contribution in [3.63, 3.8) is 0 Å². The van der Waals surface area contributed by atoms with Crippen molar-refractivity contribution in [1.29, 1.82) is 0 Å². The van der Waals surface area contributed by atoms with Crippen LogP contribution in [0.15, 0.2) is 29.2 Å². The molecule has 2 aliphatic rings. The molecule has 2 fully saturated rings. The number of rotatable bonds is 5. The van der Waals surface area contributed by atoms with Gasteiger partial charge in [-0.2, -0.15) is 4.31 Å². The summed E-state index contributed by atoms with van der Waals surface area (Å²) in [6, 6.07) is 6.38. The van der Waals surface area contributed by atoms with Crippen molar-refractivity contribution in [1.82, 2.24) is 4.31 Å². The van der Waals surface area contributed by atoms with Gasteiger partial charge in [0.25, 0.3) is 5.91 Å². The number of hydrogen-bond acceptors (Lipinski definition) is 4. The number of sulfonamides is 1. The first kappa shape index (κ1) is 17.3. The predicted octanol–water partition coefficient (Wildman–Crippen LogP) is -0.675. The fourth-order valence-corrected chi connectivity index (χ4v) is 4.54. The van der Waals surface area contributed by atoms with Gasteiger partial charge >= 0.3 is 0 Å². The zero-order valence-corrected chi connectivity index (χ0v) is 14.5. The first-order valence-corrected chi connectivity index (χ1v) is 9.81. The molecule has 0 bridgehead atoms. The SMILES string of the molecule is O=C(C[NH+]1CCCC1)Nc1ccc(S(=O)(=O)N2CCOCC2)cc1. The highest BCUT2D eigenvalue weighted by Crippen LogP contribution is 2.19. The number of amides is 1. The molecule has 132 valence electrons. The summed E-state index contributed by atoms with van der Waals surface area (Å²) in [5, 5.41) is 2.84. The normalized spacial score (nSPS) is 20.2. The number of anilines is 1. The minimum absolute atomic E-state index is 0.0318. The Morgan fingerprint density at radius 3 is 2.38 bits per heavy atom. The minimum atomic E-state index is -3.49. The Bertz CT molecular complexity index is 663. The third-order valence-electron chi connectivity index (χ3n) is 4.47. The number of morpholine rings is 1. The standard InChI is InChI=1S/C16H23N3O4S/c20-16(13-18-7-1-2-8-18)17-14-3-5-15(6-4-14)24(21,22)19-9-11-23-12-10-19/h3-6H,1-2,7-13H2,(H,17,20)/p+1. The highest BCUT2D eigenvalue weighted by atomic mass is 32.2. The van der Waals surface area contributed by atoms with E-state index in [9.17, 15) is 13.2 Å². The second-order valence-electron chi connectivity index (χ2n) is 6.22. The van der Waals surface area contributed by atoms with E-state index < -0.39 is 10.0 Å². The van der Waals surface area contributed by atoms with Crippen LogP contribution in [0.3, 0.4) is 0 Å². The van der Waals surface area contributed by atoms with E-state index in [1.807, 2.05) is 0 Å². The van der Waals surface area contributed by atoms with E-state index in [-0.39, 0.29) is 10.8 Å². The number of carbonyl (C=O) groups is 1. The first-order valence-electron chi connectivity index (χ1n) is 8.37. The monoisotopic (exact) mass is 354 g/mol. The Morgan fingerprint density at radius 2 is 1.75 bits per heavy atom. The molecule has 2 aliphatic heterocycles. The Kier molecular flexibility index (Phi) is 5.50. The molecular formula is C16H24N3O4S+. The molecule has 0 aromatic heterocycles. The molecule has 1 aromatic rings. The average Bonchev–Trinajstić information content (AvgIpc) is 3.09. The van der Waals surface area contributed by atoms with E-state index in [4.69, 9.17) is 4.74 Å². The minimum Gasteiger partial charge on any atom is -0.379 e. The number of carbonyl (C=O) groups excluding carboxylic acids is 1. The summed E-state index contributed by atoms with van der Waals surface area (Å²) in [4.78, 5) is 13.6. The second-order valence-corrected chi connectivity index (χ2v) is 8.16. The molecule has 1 amide bonds. The van der Waals surface area contributed by atoms with Crippen molar-refractivity contribution in [2.45, 2.75) is 17.7 Å². The van der Waals surface area contributed by atoms with Gasteiger partial charge in [0.1, 0.15) is 0 Å². The number of ether oxygens (including phenoxy) is 1. The maximum absolute atomic E-state index is 12.5. The molecule has 7 nitrogen and oxygen atoms in total. The number of likely N-dealkylation sites (tertiary alicyclic amines) is 1. The van der Waals surface area contributed by atoms with Crippen molar-refractivity contribution < 1.29 is 22.8 Å². The van der Waals surface area contributed by atoms with Crippen LogP contribution >= 0.6 is 0 Å². The summed E-state index contributed by atoms with van der Waals surface area (Å²) in [7, 11) is -3.49. The van der Waals surface area contributed by atoms with Crippen LogP contribution < -0.4 is 10.2 Å². The van der Waals surface area contributed by atoms with E-state index >= 15 is 0 Å². The van der Waals surface area contributed by atoms with Gasteiger partial charge in [0.05, 0.1) is 31.2 Å². The lowest BCUT2D eigenvalue weighted by Gasteiger charge is -2.26. The van der Waals surface area contributed by atoms with Gasteiger partial charge in [0, 0.05) is 31.6 Å². The van der Waals surface area contributed by atoms with Crippen LogP contribution in [0.4, 0.5) is 5.69 Å². The molecule has 0 aliphatic carbocycles. The van der Waals surface area contributed by atoms with Crippen LogP contribution in [0.1, 0.15) is 12.8 Å². The number of quaternary nitrogens is 1. The highest BCUT2D eigenvalue weighted by molar-refractivity contribution is 7.89. The van der Waals surface area contributed by atoms with Gasteiger partial charge in [-0.25, -0.2) is 8.42 Å². The summed E-state index contributed by atoms with van der Waals surface area (Å²) >= 11 is 0. The summed E-state index contributed by atoms with van der Waals surface area (Å²) in [5.74, 6) is -0.0318. The van der Waals surface area contributed by atoms with E-state index in [0.717, 1.165) is 13.1 Å². The second kappa shape index (κ2) is 7.60. The fraction of sp³-hybridized carbons (Fsp3) is 0.562. The quantitative estimate of drug-likeness (QED) is 0.735. The molecule has 0 atom stereocenters. The molecule has 1 aromatic carbocycles. The van der Waals surface area contributed by atoms with Crippen LogP contribution in [-0.4, -0.2) is 64.6 Å². The Labute approximate surface area is 142 Å². The third kappa shape index (κ3) is 4.13. The van der Waals surface area contributed by atoms with Crippen molar-refractivity contribution in [2.75, 3.05) is 51.3 Å². The van der Waals surface area contributed by atoms with Gasteiger partial charge in [-0.1, -0.05) is 0 Å². The van der Waals surface area contributed by atoms with E-state index in [1.54, 1.807) is 24.3 Å². The third-order valence-corrected chi connectivity index (χ3v) is 6.38. The first-order chi connectivity index (χ1) is 11.6. The average molecular weight is 354 g/mol. The smallest absolute Gasteiger partial charge is 0.279 e. The van der Waals surface area contributed by atoms with Crippen molar-refractivity contribution >= 4 is 21.6 Å².